The van der Waals surface area contributed by atoms with Crippen LogP contribution in [0.5, 0.6) is 0 Å². The van der Waals surface area contributed by atoms with E-state index in [0.717, 1.165) is 11.3 Å². The largest absolute Gasteiger partial charge is 0.352 e. The number of imidazole rings is 1. The summed E-state index contributed by atoms with van der Waals surface area (Å²) < 4.78 is 15.7. The fourth-order valence-electron chi connectivity index (χ4n) is 1.78. The van der Waals surface area contributed by atoms with Gasteiger partial charge >= 0.3 is 0 Å². The Kier molecular flexibility index (Phi) is 3.46. The number of anilines is 1. The van der Waals surface area contributed by atoms with Gasteiger partial charge in [0.25, 0.3) is 0 Å². The Morgan fingerprint density at radius 3 is 2.89 bits per heavy atom. The Morgan fingerprint density at radius 2 is 2.22 bits per heavy atom. The Morgan fingerprint density at radius 1 is 1.44 bits per heavy atom. The molecular formula is C14H16FN3. The van der Waals surface area contributed by atoms with E-state index in [9.17, 15) is 4.39 Å². The summed E-state index contributed by atoms with van der Waals surface area (Å²) in [7, 11) is 0. The average Bonchev–Trinajstić information content (AvgIpc) is 2.67. The van der Waals surface area contributed by atoms with Crippen LogP contribution in [0.4, 0.5) is 10.3 Å². The monoisotopic (exact) mass is 245 g/mol. The molecule has 1 N–H and O–H groups in total. The second kappa shape index (κ2) is 5.04. The van der Waals surface area contributed by atoms with E-state index in [1.54, 1.807) is 22.9 Å². The van der Waals surface area contributed by atoms with Crippen molar-refractivity contribution in [1.82, 2.24) is 9.55 Å². The molecule has 1 aromatic carbocycles. The zero-order chi connectivity index (χ0) is 13.1. The first-order chi connectivity index (χ1) is 8.61. The van der Waals surface area contributed by atoms with Crippen LogP contribution in [0.15, 0.2) is 37.1 Å². The van der Waals surface area contributed by atoms with Crippen LogP contribution < -0.4 is 5.32 Å². The molecule has 0 atom stereocenters. The predicted molar refractivity (Wildman–Crippen MR) is 71.7 cm³/mol. The van der Waals surface area contributed by atoms with Crippen molar-refractivity contribution in [1.29, 1.82) is 0 Å². The molecule has 2 aromatic rings. The third-order valence-corrected chi connectivity index (χ3v) is 2.59. The lowest BCUT2D eigenvalue weighted by Crippen LogP contribution is -2.06. The van der Waals surface area contributed by atoms with Crippen LogP contribution in [0.1, 0.15) is 11.3 Å². The lowest BCUT2D eigenvalue weighted by Gasteiger charge is -2.09. The maximum atomic E-state index is 14.0. The van der Waals surface area contributed by atoms with Crippen LogP contribution >= 0.6 is 0 Å². The third kappa shape index (κ3) is 2.42. The lowest BCUT2D eigenvalue weighted by molar-refractivity contribution is 0.617. The molecule has 0 saturated heterocycles. The van der Waals surface area contributed by atoms with Crippen LogP contribution in [-0.4, -0.2) is 16.1 Å². The summed E-state index contributed by atoms with van der Waals surface area (Å²) in [5.74, 6) is 0.365. The number of rotatable bonds is 4. The van der Waals surface area contributed by atoms with Crippen molar-refractivity contribution in [2.24, 2.45) is 0 Å². The molecule has 94 valence electrons. The van der Waals surface area contributed by atoms with Gasteiger partial charge < -0.3 is 5.32 Å². The maximum Gasteiger partial charge on any atom is 0.208 e. The van der Waals surface area contributed by atoms with Crippen LogP contribution in [0, 0.1) is 19.7 Å². The van der Waals surface area contributed by atoms with Crippen LogP contribution in [-0.2, 0) is 0 Å². The highest BCUT2D eigenvalue weighted by atomic mass is 19.1. The van der Waals surface area contributed by atoms with Gasteiger partial charge in [-0.05, 0) is 31.5 Å². The number of hydrogen-bond donors (Lipinski definition) is 1. The molecular weight excluding hydrogens is 229 g/mol. The number of aromatic nitrogens is 2. The van der Waals surface area contributed by atoms with Crippen LogP contribution in [0.2, 0.25) is 0 Å². The minimum absolute atomic E-state index is 0.256. The summed E-state index contributed by atoms with van der Waals surface area (Å²) in [6.07, 6.45) is 3.54. The quantitative estimate of drug-likeness (QED) is 0.838. The van der Waals surface area contributed by atoms with Crippen molar-refractivity contribution in [3.63, 3.8) is 0 Å². The minimum atomic E-state index is -0.256. The molecule has 4 heteroatoms. The molecule has 0 saturated carbocycles. The van der Waals surface area contributed by atoms with E-state index in [2.05, 4.69) is 16.9 Å². The third-order valence-electron chi connectivity index (χ3n) is 2.59. The summed E-state index contributed by atoms with van der Waals surface area (Å²) in [4.78, 5) is 4.33. The molecule has 0 bridgehead atoms. The van der Waals surface area contributed by atoms with Gasteiger partial charge in [-0.1, -0.05) is 12.1 Å². The second-order valence-corrected chi connectivity index (χ2v) is 4.20. The first-order valence-electron chi connectivity index (χ1n) is 5.79. The summed E-state index contributed by atoms with van der Waals surface area (Å²) in [6, 6.07) is 5.15. The first-order valence-corrected chi connectivity index (χ1v) is 5.79. The number of hydrogen-bond acceptors (Lipinski definition) is 2. The van der Waals surface area contributed by atoms with Crippen LogP contribution in [0.3, 0.4) is 0 Å². The molecule has 1 heterocycles. The predicted octanol–water partition coefficient (Wildman–Crippen LogP) is 3.23. The van der Waals surface area contributed by atoms with Gasteiger partial charge in [0.05, 0.1) is 11.4 Å². The first kappa shape index (κ1) is 12.4. The number of benzene rings is 1. The van der Waals surface area contributed by atoms with Crippen molar-refractivity contribution in [2.45, 2.75) is 13.8 Å². The fourth-order valence-corrected chi connectivity index (χ4v) is 1.78. The second-order valence-electron chi connectivity index (χ2n) is 4.20. The molecule has 2 rings (SSSR count). The molecule has 0 radical (unpaired) electrons. The van der Waals surface area contributed by atoms with Crippen molar-refractivity contribution in [3.05, 3.63) is 54.1 Å². The number of halogens is 1. The van der Waals surface area contributed by atoms with Gasteiger partial charge in [-0.2, -0.15) is 0 Å². The van der Waals surface area contributed by atoms with Gasteiger partial charge in [0, 0.05) is 12.7 Å². The van der Waals surface area contributed by atoms with E-state index in [4.69, 9.17) is 0 Å². The van der Waals surface area contributed by atoms with E-state index in [-0.39, 0.29) is 5.82 Å². The Balaban J connectivity index is 2.45. The SMILES string of the molecule is C=CCNc1nc(C)cn1-c1ccc(C)cc1F. The number of aryl methyl sites for hydroxylation is 2. The Labute approximate surface area is 106 Å². The van der Waals surface area contributed by atoms with Gasteiger partial charge in [0.2, 0.25) is 5.95 Å². The standard InChI is InChI=1S/C14H16FN3/c1-4-7-16-14-17-11(3)9-18(14)13-6-5-10(2)8-12(13)15/h4-6,8-9H,1,7H2,2-3H3,(H,16,17). The van der Waals surface area contributed by atoms with Gasteiger partial charge in [-0.3, -0.25) is 4.57 Å². The van der Waals surface area contributed by atoms with Crippen LogP contribution in [0.25, 0.3) is 5.69 Å². The topological polar surface area (TPSA) is 29.9 Å². The molecule has 0 amide bonds. The fraction of sp³-hybridized carbons (Fsp3) is 0.214. The molecule has 0 fully saturated rings. The number of nitrogens with one attached hydrogen (secondary N) is 1. The zero-order valence-corrected chi connectivity index (χ0v) is 10.6. The lowest BCUT2D eigenvalue weighted by atomic mass is 10.2. The Bertz CT molecular complexity index is 572. The van der Waals surface area contributed by atoms with Gasteiger partial charge in [0.15, 0.2) is 0 Å². The number of nitrogens with zero attached hydrogens (tertiary/aromatic N) is 2. The van der Waals surface area contributed by atoms with Crippen molar-refractivity contribution in [2.75, 3.05) is 11.9 Å². The molecule has 0 aliphatic heterocycles. The molecule has 18 heavy (non-hydrogen) atoms. The van der Waals surface area contributed by atoms with Crippen molar-refractivity contribution >= 4 is 5.95 Å². The summed E-state index contributed by atoms with van der Waals surface area (Å²) >= 11 is 0. The highest BCUT2D eigenvalue weighted by Gasteiger charge is 2.10. The highest BCUT2D eigenvalue weighted by molar-refractivity contribution is 5.45. The highest BCUT2D eigenvalue weighted by Crippen LogP contribution is 2.20. The summed E-state index contributed by atoms with van der Waals surface area (Å²) in [6.45, 7) is 7.97. The maximum absolute atomic E-state index is 14.0. The normalized spacial score (nSPS) is 10.4. The Hall–Kier alpha value is -2.10. The zero-order valence-electron chi connectivity index (χ0n) is 10.6. The van der Waals surface area contributed by atoms with E-state index in [1.807, 2.05) is 19.9 Å². The smallest absolute Gasteiger partial charge is 0.208 e. The summed E-state index contributed by atoms with van der Waals surface area (Å²) in [5.41, 5.74) is 2.22. The molecule has 0 aliphatic rings. The molecule has 0 aliphatic carbocycles. The van der Waals surface area contributed by atoms with Gasteiger partial charge in [0.1, 0.15) is 5.82 Å². The van der Waals surface area contributed by atoms with Crippen molar-refractivity contribution < 1.29 is 4.39 Å². The molecule has 1 aromatic heterocycles. The van der Waals surface area contributed by atoms with E-state index >= 15 is 0 Å². The van der Waals surface area contributed by atoms with E-state index in [1.165, 1.54) is 6.07 Å². The summed E-state index contributed by atoms with van der Waals surface area (Å²) in [5, 5.41) is 3.09. The van der Waals surface area contributed by atoms with E-state index < -0.39 is 0 Å². The minimum Gasteiger partial charge on any atom is -0.352 e. The molecule has 0 spiro atoms. The molecule has 3 nitrogen and oxygen atoms in total. The van der Waals surface area contributed by atoms with Gasteiger partial charge in [-0.15, -0.1) is 6.58 Å². The molecule has 0 unspecified atom stereocenters. The van der Waals surface area contributed by atoms with Crippen molar-refractivity contribution in [3.8, 4) is 5.69 Å². The average molecular weight is 245 g/mol. The van der Waals surface area contributed by atoms with E-state index in [0.29, 0.717) is 18.2 Å². The van der Waals surface area contributed by atoms with Gasteiger partial charge in [-0.25, -0.2) is 9.37 Å².